The monoisotopic (exact) mass is 332 g/mol. The summed E-state index contributed by atoms with van der Waals surface area (Å²) in [6, 6.07) is 3.84. The number of anilines is 1. The zero-order valence-electron chi connectivity index (χ0n) is 14.5. The van der Waals surface area contributed by atoms with E-state index in [0.29, 0.717) is 17.4 Å². The molecule has 1 aromatic heterocycles. The molecule has 0 bridgehead atoms. The molecule has 1 aliphatic carbocycles. The van der Waals surface area contributed by atoms with Gasteiger partial charge in [-0.05, 0) is 62.7 Å². The Morgan fingerprint density at radius 1 is 1.29 bits per heavy atom. The van der Waals surface area contributed by atoms with E-state index in [9.17, 15) is 9.90 Å². The number of hydrogen-bond donors (Lipinski definition) is 3. The fourth-order valence-electron chi connectivity index (χ4n) is 3.77. The van der Waals surface area contributed by atoms with Crippen molar-refractivity contribution in [3.05, 3.63) is 23.9 Å². The number of piperidine rings is 1. The van der Waals surface area contributed by atoms with Crippen LogP contribution in [-0.2, 0) is 0 Å². The topological polar surface area (TPSA) is 77.5 Å². The molecule has 1 atom stereocenters. The lowest BCUT2D eigenvalue weighted by Gasteiger charge is -2.43. The normalized spacial score (nSPS) is 25.6. The Bertz CT molecular complexity index is 549. The minimum Gasteiger partial charge on any atom is -0.393 e. The third-order valence-corrected chi connectivity index (χ3v) is 5.32. The van der Waals surface area contributed by atoms with E-state index < -0.39 is 0 Å². The molecular weight excluding hydrogens is 304 g/mol. The van der Waals surface area contributed by atoms with Gasteiger partial charge in [-0.2, -0.15) is 0 Å². The number of aliphatic hydroxyl groups excluding tert-OH is 1. The number of carbonyl (C=O) groups excluding carboxylic acids is 1. The molecule has 3 rings (SSSR count). The van der Waals surface area contributed by atoms with Gasteiger partial charge in [-0.1, -0.05) is 0 Å². The first-order valence-corrected chi connectivity index (χ1v) is 8.87. The van der Waals surface area contributed by atoms with E-state index in [1.165, 1.54) is 0 Å². The van der Waals surface area contributed by atoms with Crippen LogP contribution < -0.4 is 15.5 Å². The van der Waals surface area contributed by atoms with Crippen molar-refractivity contribution < 1.29 is 9.90 Å². The van der Waals surface area contributed by atoms with E-state index in [4.69, 9.17) is 0 Å². The van der Waals surface area contributed by atoms with Crippen LogP contribution in [0.25, 0.3) is 0 Å². The Morgan fingerprint density at radius 2 is 2.00 bits per heavy atom. The molecule has 3 N–H and O–H groups in total. The second-order valence-electron chi connectivity index (χ2n) is 7.27. The van der Waals surface area contributed by atoms with Gasteiger partial charge in [0, 0.05) is 26.3 Å². The van der Waals surface area contributed by atoms with Crippen molar-refractivity contribution in [3.63, 3.8) is 0 Å². The maximum atomic E-state index is 12.7. The molecule has 2 fully saturated rings. The summed E-state index contributed by atoms with van der Waals surface area (Å²) in [6.45, 7) is 2.01. The fourth-order valence-corrected chi connectivity index (χ4v) is 3.77. The molecule has 1 saturated carbocycles. The number of pyridine rings is 1. The minimum atomic E-state index is -0.197. The van der Waals surface area contributed by atoms with Crippen LogP contribution in [0.1, 0.15) is 36.0 Å². The van der Waals surface area contributed by atoms with Gasteiger partial charge in [0.1, 0.15) is 5.82 Å². The van der Waals surface area contributed by atoms with Crippen LogP contribution in [0.3, 0.4) is 0 Å². The highest BCUT2D eigenvalue weighted by Gasteiger charge is 2.39. The van der Waals surface area contributed by atoms with Crippen molar-refractivity contribution in [2.75, 3.05) is 32.1 Å². The third-order valence-electron chi connectivity index (χ3n) is 5.32. The summed E-state index contributed by atoms with van der Waals surface area (Å²) >= 11 is 0. The second-order valence-corrected chi connectivity index (χ2v) is 7.27. The van der Waals surface area contributed by atoms with E-state index in [0.717, 1.165) is 44.6 Å². The Labute approximate surface area is 143 Å². The molecule has 1 saturated heterocycles. The second kappa shape index (κ2) is 7.49. The van der Waals surface area contributed by atoms with Crippen molar-refractivity contribution in [1.29, 1.82) is 0 Å². The minimum absolute atomic E-state index is 0.0577. The van der Waals surface area contributed by atoms with Crippen LogP contribution in [-0.4, -0.2) is 55.3 Å². The molecule has 2 heterocycles. The number of nitrogens with zero attached hydrogens (tertiary/aromatic N) is 2. The quantitative estimate of drug-likeness (QED) is 0.750. The van der Waals surface area contributed by atoms with Gasteiger partial charge in [0.2, 0.25) is 0 Å². The smallest absolute Gasteiger partial charge is 0.253 e. The molecular formula is C18H28N4O2. The standard InChI is InChI=1S/C18H28N4O2/c1-22(2)16-4-3-13(11-20-16)18(24)21-17(14-9-15(23)10-14)12-5-7-19-8-6-12/h3-4,11-12,14-15,17,19,23H,5-10H2,1-2H3,(H,21,24). The largest absolute Gasteiger partial charge is 0.393 e. The van der Waals surface area contributed by atoms with Crippen LogP contribution in [0.2, 0.25) is 0 Å². The van der Waals surface area contributed by atoms with Crippen molar-refractivity contribution in [2.45, 2.75) is 37.8 Å². The van der Waals surface area contributed by atoms with Gasteiger partial charge in [0.25, 0.3) is 5.91 Å². The van der Waals surface area contributed by atoms with E-state index in [-0.39, 0.29) is 18.1 Å². The predicted molar refractivity (Wildman–Crippen MR) is 94.1 cm³/mol. The van der Waals surface area contributed by atoms with E-state index >= 15 is 0 Å². The third kappa shape index (κ3) is 3.87. The lowest BCUT2D eigenvalue weighted by Crippen LogP contribution is -2.52. The van der Waals surface area contributed by atoms with Gasteiger partial charge < -0.3 is 20.6 Å². The zero-order valence-corrected chi connectivity index (χ0v) is 14.5. The molecule has 6 heteroatoms. The van der Waals surface area contributed by atoms with Crippen molar-refractivity contribution >= 4 is 11.7 Å². The first kappa shape index (κ1) is 17.2. The highest BCUT2D eigenvalue weighted by molar-refractivity contribution is 5.94. The molecule has 0 aromatic carbocycles. The first-order valence-electron chi connectivity index (χ1n) is 8.87. The predicted octanol–water partition coefficient (Wildman–Crippen LogP) is 1.02. The van der Waals surface area contributed by atoms with Crippen LogP contribution >= 0.6 is 0 Å². The summed E-state index contributed by atoms with van der Waals surface area (Å²) in [7, 11) is 3.86. The molecule has 1 unspecified atom stereocenters. The Hall–Kier alpha value is -1.66. The molecule has 6 nitrogen and oxygen atoms in total. The highest BCUT2D eigenvalue weighted by Crippen LogP contribution is 2.35. The number of amides is 1. The average Bonchev–Trinajstić information content (AvgIpc) is 2.58. The fraction of sp³-hybridized carbons (Fsp3) is 0.667. The summed E-state index contributed by atoms with van der Waals surface area (Å²) in [5.41, 5.74) is 0.597. The van der Waals surface area contributed by atoms with Gasteiger partial charge in [0.05, 0.1) is 11.7 Å². The van der Waals surface area contributed by atoms with E-state index in [1.54, 1.807) is 6.20 Å². The maximum Gasteiger partial charge on any atom is 0.253 e. The summed E-state index contributed by atoms with van der Waals surface area (Å²) in [5, 5.41) is 16.3. The number of aliphatic hydroxyl groups is 1. The Kier molecular flexibility index (Phi) is 5.36. The molecule has 2 aliphatic rings. The molecule has 0 spiro atoms. The number of aromatic nitrogens is 1. The van der Waals surface area contributed by atoms with Crippen molar-refractivity contribution in [1.82, 2.24) is 15.6 Å². The van der Waals surface area contributed by atoms with Gasteiger partial charge in [-0.25, -0.2) is 4.98 Å². The van der Waals surface area contributed by atoms with Gasteiger partial charge in [-0.15, -0.1) is 0 Å². The SMILES string of the molecule is CN(C)c1ccc(C(=O)NC(C2CCNCC2)C2CC(O)C2)cn1. The first-order chi connectivity index (χ1) is 11.5. The number of hydrogen-bond acceptors (Lipinski definition) is 5. The van der Waals surface area contributed by atoms with Gasteiger partial charge >= 0.3 is 0 Å². The Balaban J connectivity index is 1.67. The summed E-state index contributed by atoms with van der Waals surface area (Å²) in [4.78, 5) is 18.9. The molecule has 0 radical (unpaired) electrons. The lowest BCUT2D eigenvalue weighted by molar-refractivity contribution is 0.00918. The summed E-state index contributed by atoms with van der Waals surface area (Å²) in [6.07, 6.45) is 5.20. The van der Waals surface area contributed by atoms with Crippen LogP contribution in [0.15, 0.2) is 18.3 Å². The average molecular weight is 332 g/mol. The molecule has 1 amide bonds. The molecule has 132 valence electrons. The highest BCUT2D eigenvalue weighted by atomic mass is 16.3. The van der Waals surface area contributed by atoms with Gasteiger partial charge in [-0.3, -0.25) is 4.79 Å². The van der Waals surface area contributed by atoms with E-state index in [1.807, 2.05) is 31.1 Å². The lowest BCUT2D eigenvalue weighted by atomic mass is 9.71. The molecule has 1 aromatic rings. The zero-order chi connectivity index (χ0) is 17.1. The number of carbonyl (C=O) groups is 1. The van der Waals surface area contributed by atoms with Gasteiger partial charge in [0.15, 0.2) is 0 Å². The molecule has 1 aliphatic heterocycles. The van der Waals surface area contributed by atoms with Crippen molar-refractivity contribution in [3.8, 4) is 0 Å². The summed E-state index contributed by atoms with van der Waals surface area (Å²) in [5.74, 6) is 1.66. The van der Waals surface area contributed by atoms with Crippen molar-refractivity contribution in [2.24, 2.45) is 11.8 Å². The Morgan fingerprint density at radius 3 is 2.54 bits per heavy atom. The number of nitrogens with one attached hydrogen (secondary N) is 2. The van der Waals surface area contributed by atoms with Crippen LogP contribution in [0.4, 0.5) is 5.82 Å². The van der Waals surface area contributed by atoms with Crippen LogP contribution in [0.5, 0.6) is 0 Å². The summed E-state index contributed by atoms with van der Waals surface area (Å²) < 4.78 is 0. The maximum absolute atomic E-state index is 12.7. The molecule has 24 heavy (non-hydrogen) atoms. The van der Waals surface area contributed by atoms with Crippen LogP contribution in [0, 0.1) is 11.8 Å². The van der Waals surface area contributed by atoms with E-state index in [2.05, 4.69) is 15.6 Å². The number of rotatable bonds is 5.